The van der Waals surface area contributed by atoms with Crippen molar-refractivity contribution in [3.05, 3.63) is 46.0 Å². The average molecular weight is 372 g/mol. The molecule has 0 aliphatic carbocycles. The Balaban J connectivity index is 1.39. The summed E-state index contributed by atoms with van der Waals surface area (Å²) in [6, 6.07) is 5.99. The number of pyridine rings is 1. The van der Waals surface area contributed by atoms with E-state index in [4.69, 9.17) is 0 Å². The highest BCUT2D eigenvalue weighted by Gasteiger charge is 2.24. The summed E-state index contributed by atoms with van der Waals surface area (Å²) in [6.45, 7) is 8.74. The zero-order valence-electron chi connectivity index (χ0n) is 16.1. The Kier molecular flexibility index (Phi) is 5.57. The number of piperidine rings is 1. The zero-order chi connectivity index (χ0) is 18.8. The molecule has 5 nitrogen and oxygen atoms in total. The highest BCUT2D eigenvalue weighted by molar-refractivity contribution is 5.78. The van der Waals surface area contributed by atoms with Crippen molar-refractivity contribution in [3.63, 3.8) is 0 Å². The third-order valence-corrected chi connectivity index (χ3v) is 5.96. The van der Waals surface area contributed by atoms with Gasteiger partial charge in [-0.25, -0.2) is 4.39 Å². The molecule has 4 rings (SSSR count). The largest absolute Gasteiger partial charge is 0.357 e. The van der Waals surface area contributed by atoms with Crippen molar-refractivity contribution >= 4 is 10.9 Å². The van der Waals surface area contributed by atoms with Crippen molar-refractivity contribution in [2.24, 2.45) is 5.92 Å². The van der Waals surface area contributed by atoms with Gasteiger partial charge < -0.3 is 14.8 Å². The van der Waals surface area contributed by atoms with Crippen LogP contribution in [0.3, 0.4) is 0 Å². The monoisotopic (exact) mass is 372 g/mol. The molecule has 2 aromatic rings. The molecule has 0 radical (unpaired) electrons. The van der Waals surface area contributed by atoms with Crippen molar-refractivity contribution < 1.29 is 4.39 Å². The molecule has 27 heavy (non-hydrogen) atoms. The molecule has 0 bridgehead atoms. The van der Waals surface area contributed by atoms with E-state index in [-0.39, 0.29) is 11.2 Å². The van der Waals surface area contributed by atoms with Gasteiger partial charge in [0.05, 0.1) is 0 Å². The molecule has 2 fully saturated rings. The quantitative estimate of drug-likeness (QED) is 0.893. The van der Waals surface area contributed by atoms with E-state index in [9.17, 15) is 9.18 Å². The molecule has 2 saturated heterocycles. The number of aromatic amines is 1. The van der Waals surface area contributed by atoms with Crippen molar-refractivity contribution in [2.75, 3.05) is 52.9 Å². The maximum absolute atomic E-state index is 13.4. The topological polar surface area (TPSA) is 42.6 Å². The Morgan fingerprint density at radius 3 is 2.74 bits per heavy atom. The van der Waals surface area contributed by atoms with E-state index in [2.05, 4.69) is 26.7 Å². The first-order valence-electron chi connectivity index (χ1n) is 10.0. The van der Waals surface area contributed by atoms with Crippen LogP contribution in [0.5, 0.6) is 0 Å². The number of likely N-dealkylation sites (tertiary alicyclic amines) is 1. The molecule has 1 aromatic heterocycles. The number of aromatic nitrogens is 1. The van der Waals surface area contributed by atoms with Crippen LogP contribution in [0, 0.1) is 11.7 Å². The van der Waals surface area contributed by atoms with Crippen LogP contribution in [-0.2, 0) is 6.54 Å². The molecular formula is C21H29FN4O. The van der Waals surface area contributed by atoms with Gasteiger partial charge in [-0.2, -0.15) is 0 Å². The van der Waals surface area contributed by atoms with Crippen LogP contribution in [0.15, 0.2) is 29.1 Å². The SMILES string of the molecule is CN1CCN(CC2CCCN(Cc3cc(=O)c4cc(F)ccc4[nH]3)C2)CC1. The number of benzene rings is 1. The van der Waals surface area contributed by atoms with Crippen LogP contribution in [0.25, 0.3) is 10.9 Å². The second-order valence-corrected chi connectivity index (χ2v) is 8.20. The van der Waals surface area contributed by atoms with Gasteiger partial charge in [0.1, 0.15) is 5.82 Å². The van der Waals surface area contributed by atoms with Crippen LogP contribution < -0.4 is 5.43 Å². The van der Waals surface area contributed by atoms with Gasteiger partial charge in [-0.05, 0) is 50.6 Å². The Hall–Kier alpha value is -1.76. The second kappa shape index (κ2) is 8.09. The first kappa shape index (κ1) is 18.6. The Morgan fingerprint density at radius 1 is 1.11 bits per heavy atom. The Morgan fingerprint density at radius 2 is 1.93 bits per heavy atom. The number of rotatable bonds is 4. The predicted octanol–water partition coefficient (Wildman–Crippen LogP) is 2.13. The number of hydrogen-bond acceptors (Lipinski definition) is 4. The van der Waals surface area contributed by atoms with E-state index in [1.54, 1.807) is 12.1 Å². The summed E-state index contributed by atoms with van der Waals surface area (Å²) in [5, 5.41) is 0.422. The minimum atomic E-state index is -0.372. The van der Waals surface area contributed by atoms with E-state index in [1.165, 1.54) is 44.6 Å². The van der Waals surface area contributed by atoms with Crippen LogP contribution in [0.4, 0.5) is 4.39 Å². The number of nitrogens with zero attached hydrogens (tertiary/aromatic N) is 3. The molecule has 0 saturated carbocycles. The van der Waals surface area contributed by atoms with Crippen LogP contribution in [0.2, 0.25) is 0 Å². The summed E-state index contributed by atoms with van der Waals surface area (Å²) in [6.07, 6.45) is 2.50. The summed E-state index contributed by atoms with van der Waals surface area (Å²) in [5.41, 5.74) is 1.52. The minimum absolute atomic E-state index is 0.107. The van der Waals surface area contributed by atoms with Crippen molar-refractivity contribution in [1.29, 1.82) is 0 Å². The number of hydrogen-bond donors (Lipinski definition) is 1. The third kappa shape index (κ3) is 4.57. The van der Waals surface area contributed by atoms with Gasteiger partial charge in [-0.1, -0.05) is 0 Å². The number of halogens is 1. The normalized spacial score (nSPS) is 23.1. The van der Waals surface area contributed by atoms with Crippen LogP contribution >= 0.6 is 0 Å². The van der Waals surface area contributed by atoms with Gasteiger partial charge in [0.25, 0.3) is 0 Å². The number of nitrogens with one attached hydrogen (secondary N) is 1. The van der Waals surface area contributed by atoms with Crippen molar-refractivity contribution in [2.45, 2.75) is 19.4 Å². The number of piperazine rings is 1. The van der Waals surface area contributed by atoms with Gasteiger partial charge in [0.2, 0.25) is 0 Å². The smallest absolute Gasteiger partial charge is 0.189 e. The fourth-order valence-electron chi connectivity index (χ4n) is 4.44. The lowest BCUT2D eigenvalue weighted by atomic mass is 9.97. The average Bonchev–Trinajstić information content (AvgIpc) is 2.65. The molecule has 6 heteroatoms. The summed E-state index contributed by atoms with van der Waals surface area (Å²) in [5.74, 6) is 0.326. The van der Waals surface area contributed by atoms with E-state index in [0.717, 1.165) is 38.4 Å². The molecule has 1 N–H and O–H groups in total. The summed E-state index contributed by atoms with van der Waals surface area (Å²) < 4.78 is 13.4. The predicted molar refractivity (Wildman–Crippen MR) is 106 cm³/mol. The maximum Gasteiger partial charge on any atom is 0.189 e. The first-order chi connectivity index (χ1) is 13.1. The fraction of sp³-hybridized carbons (Fsp3) is 0.571. The van der Waals surface area contributed by atoms with Crippen LogP contribution in [0.1, 0.15) is 18.5 Å². The lowest BCUT2D eigenvalue weighted by Crippen LogP contribution is -2.48. The van der Waals surface area contributed by atoms with Gasteiger partial charge in [-0.3, -0.25) is 9.69 Å². The molecule has 146 valence electrons. The van der Waals surface area contributed by atoms with Crippen LogP contribution in [-0.4, -0.2) is 72.5 Å². The van der Waals surface area contributed by atoms with Gasteiger partial charge in [0.15, 0.2) is 5.43 Å². The minimum Gasteiger partial charge on any atom is -0.357 e. The second-order valence-electron chi connectivity index (χ2n) is 8.20. The van der Waals surface area contributed by atoms with Crippen molar-refractivity contribution in [3.8, 4) is 0 Å². The highest BCUT2D eigenvalue weighted by Crippen LogP contribution is 2.20. The van der Waals surface area contributed by atoms with Gasteiger partial charge in [0, 0.05) is 68.5 Å². The molecule has 1 unspecified atom stereocenters. The van der Waals surface area contributed by atoms with E-state index < -0.39 is 0 Å². The molecule has 2 aliphatic rings. The van der Waals surface area contributed by atoms with E-state index in [1.807, 2.05) is 0 Å². The van der Waals surface area contributed by atoms with Gasteiger partial charge >= 0.3 is 0 Å². The van der Waals surface area contributed by atoms with E-state index in [0.29, 0.717) is 16.8 Å². The first-order valence-corrected chi connectivity index (χ1v) is 10.0. The lowest BCUT2D eigenvalue weighted by Gasteiger charge is -2.38. The Labute approximate surface area is 159 Å². The number of likely N-dealkylation sites (N-methyl/N-ethyl adjacent to an activating group) is 1. The number of fused-ring (bicyclic) bond motifs is 1. The number of H-pyrrole nitrogens is 1. The maximum atomic E-state index is 13.4. The standard InChI is InChI=1S/C21H29FN4O/c1-24-7-9-25(10-8-24)13-16-3-2-6-26(14-16)15-18-12-21(27)19-11-17(22)4-5-20(19)23-18/h4-5,11-12,16H,2-3,6-10,13-15H2,1H3,(H,23,27). The lowest BCUT2D eigenvalue weighted by molar-refractivity contribution is 0.0962. The Bertz CT molecular complexity index is 844. The zero-order valence-corrected chi connectivity index (χ0v) is 16.1. The van der Waals surface area contributed by atoms with E-state index >= 15 is 0 Å². The van der Waals surface area contributed by atoms with Crippen molar-refractivity contribution in [1.82, 2.24) is 19.7 Å². The summed E-state index contributed by atoms with van der Waals surface area (Å²) in [7, 11) is 2.19. The molecule has 1 atom stereocenters. The third-order valence-electron chi connectivity index (χ3n) is 5.96. The molecule has 1 aromatic carbocycles. The molecular weight excluding hydrogens is 343 g/mol. The molecule has 0 amide bonds. The highest BCUT2D eigenvalue weighted by atomic mass is 19.1. The molecule has 2 aliphatic heterocycles. The summed E-state index contributed by atoms with van der Waals surface area (Å²) in [4.78, 5) is 23.1. The molecule has 3 heterocycles. The molecule has 0 spiro atoms. The fourth-order valence-corrected chi connectivity index (χ4v) is 4.44. The summed E-state index contributed by atoms with van der Waals surface area (Å²) >= 11 is 0. The van der Waals surface area contributed by atoms with Gasteiger partial charge in [-0.15, -0.1) is 0 Å².